The van der Waals surface area contributed by atoms with Gasteiger partial charge in [0, 0.05) is 70.5 Å². The molecular formula is C34H53N7O7S. The largest absolute Gasteiger partial charge is 0.453 e. The molecule has 0 saturated carbocycles. The van der Waals surface area contributed by atoms with E-state index >= 15 is 0 Å². The maximum absolute atomic E-state index is 13.5. The number of para-hydroxylation sites is 1. The predicted molar refractivity (Wildman–Crippen MR) is 188 cm³/mol. The SMILES string of the molecule is COC(=O)N(CCN1CCC(NCS(=O)(=O)N(C)C)C1)CC(O)CN1C2CCC1CC(NC(=O)c1cc3ccccc3n(C(C)C)c1=O)C2. The lowest BCUT2D eigenvalue weighted by atomic mass is 9.96. The van der Waals surface area contributed by atoms with E-state index in [1.807, 2.05) is 38.1 Å². The van der Waals surface area contributed by atoms with Crippen LogP contribution in [0.5, 0.6) is 0 Å². The Bertz CT molecular complexity index is 1630. The number of benzene rings is 1. The van der Waals surface area contributed by atoms with Crippen molar-refractivity contribution in [1.82, 2.24) is 34.2 Å². The van der Waals surface area contributed by atoms with Gasteiger partial charge in [-0.25, -0.2) is 17.5 Å². The average molecular weight is 704 g/mol. The van der Waals surface area contributed by atoms with Crippen molar-refractivity contribution in [2.24, 2.45) is 0 Å². The number of amides is 2. The lowest BCUT2D eigenvalue weighted by Crippen LogP contribution is -2.54. The van der Waals surface area contributed by atoms with Crippen LogP contribution in [-0.2, 0) is 14.8 Å². The van der Waals surface area contributed by atoms with Gasteiger partial charge in [0.1, 0.15) is 11.4 Å². The highest BCUT2D eigenvalue weighted by Gasteiger charge is 2.42. The third-order valence-electron chi connectivity index (χ3n) is 10.3. The number of nitrogens with one attached hydrogen (secondary N) is 2. The zero-order valence-electron chi connectivity index (χ0n) is 29.4. The van der Waals surface area contributed by atoms with Crippen molar-refractivity contribution in [3.63, 3.8) is 0 Å². The number of rotatable bonds is 14. The molecule has 2 bridgehead atoms. The number of aliphatic hydroxyl groups is 1. The second-order valence-corrected chi connectivity index (χ2v) is 16.4. The summed E-state index contributed by atoms with van der Waals surface area (Å²) in [5.41, 5.74) is 0.669. The first-order chi connectivity index (χ1) is 23.3. The molecule has 4 unspecified atom stereocenters. The highest BCUT2D eigenvalue weighted by Crippen LogP contribution is 2.36. The van der Waals surface area contributed by atoms with Gasteiger partial charge in [-0.1, -0.05) is 18.2 Å². The monoisotopic (exact) mass is 703 g/mol. The summed E-state index contributed by atoms with van der Waals surface area (Å²) in [5, 5.41) is 18.3. The first kappa shape index (κ1) is 37.2. The zero-order valence-corrected chi connectivity index (χ0v) is 30.2. The van der Waals surface area contributed by atoms with Crippen LogP contribution in [0.2, 0.25) is 0 Å². The van der Waals surface area contributed by atoms with Gasteiger partial charge in [0.25, 0.3) is 11.5 Å². The van der Waals surface area contributed by atoms with Crippen LogP contribution in [0.15, 0.2) is 35.1 Å². The summed E-state index contributed by atoms with van der Waals surface area (Å²) >= 11 is 0. The number of ether oxygens (including phenoxy) is 1. The van der Waals surface area contributed by atoms with Gasteiger partial charge in [0.2, 0.25) is 10.0 Å². The number of piperidine rings is 1. The van der Waals surface area contributed by atoms with E-state index in [0.29, 0.717) is 26.2 Å². The number of hydrogen-bond donors (Lipinski definition) is 3. The number of carbonyl (C=O) groups is 2. The van der Waals surface area contributed by atoms with E-state index in [2.05, 4.69) is 20.4 Å². The molecule has 1 aromatic heterocycles. The normalized spacial score (nSPS) is 23.8. The molecule has 15 heteroatoms. The Morgan fingerprint density at radius 1 is 1.08 bits per heavy atom. The molecule has 4 atom stereocenters. The third-order valence-corrected chi connectivity index (χ3v) is 11.9. The molecule has 1 aromatic carbocycles. The van der Waals surface area contributed by atoms with Crippen LogP contribution in [0.4, 0.5) is 4.79 Å². The number of likely N-dealkylation sites (tertiary alicyclic amines) is 1. The zero-order chi connectivity index (χ0) is 35.5. The minimum Gasteiger partial charge on any atom is -0.453 e. The fourth-order valence-corrected chi connectivity index (χ4v) is 8.38. The summed E-state index contributed by atoms with van der Waals surface area (Å²) in [7, 11) is 1.03. The van der Waals surface area contributed by atoms with E-state index in [0.717, 1.165) is 49.6 Å². The predicted octanol–water partition coefficient (Wildman–Crippen LogP) is 1.25. The van der Waals surface area contributed by atoms with E-state index < -0.39 is 22.2 Å². The molecule has 0 aliphatic carbocycles. The van der Waals surface area contributed by atoms with Crippen molar-refractivity contribution in [3.05, 3.63) is 46.2 Å². The summed E-state index contributed by atoms with van der Waals surface area (Å²) in [5.74, 6) is -0.468. The maximum atomic E-state index is 13.5. The average Bonchev–Trinajstić information content (AvgIpc) is 3.60. The quantitative estimate of drug-likeness (QED) is 0.262. The fourth-order valence-electron chi connectivity index (χ4n) is 7.67. The van der Waals surface area contributed by atoms with Crippen LogP contribution in [0.1, 0.15) is 62.4 Å². The molecule has 272 valence electrons. The van der Waals surface area contributed by atoms with Crippen molar-refractivity contribution in [2.45, 2.75) is 82.3 Å². The molecule has 3 N–H and O–H groups in total. The van der Waals surface area contributed by atoms with Crippen LogP contribution in [0.3, 0.4) is 0 Å². The van der Waals surface area contributed by atoms with Crippen LogP contribution >= 0.6 is 0 Å². The molecule has 3 aliphatic rings. The Morgan fingerprint density at radius 2 is 1.78 bits per heavy atom. The topological polar surface area (TPSA) is 157 Å². The number of aromatic nitrogens is 1. The molecule has 0 spiro atoms. The summed E-state index contributed by atoms with van der Waals surface area (Å²) < 4.78 is 32.1. The van der Waals surface area contributed by atoms with Crippen molar-refractivity contribution in [3.8, 4) is 0 Å². The van der Waals surface area contributed by atoms with Crippen molar-refractivity contribution < 1.29 is 27.9 Å². The van der Waals surface area contributed by atoms with Crippen LogP contribution in [0.25, 0.3) is 10.9 Å². The number of fused-ring (bicyclic) bond motifs is 3. The standard InChI is InChI=1S/C34H53N7O7S/c1-23(2)41-31-9-7-6-8-24(31)16-30(33(41)44)32(43)36-26-17-27-10-11-28(18-26)40(27)21-29(42)20-39(34(45)48-5)15-14-38-13-12-25(19-38)35-22-49(46,47)37(3)4/h6-9,16,23,25-29,35,42H,10-15,17-22H2,1-5H3,(H,36,43). The first-order valence-electron chi connectivity index (χ1n) is 17.3. The van der Waals surface area contributed by atoms with Crippen LogP contribution in [0, 0.1) is 0 Å². The maximum Gasteiger partial charge on any atom is 0.409 e. The molecule has 2 aromatic rings. The second-order valence-electron chi connectivity index (χ2n) is 14.2. The lowest BCUT2D eigenvalue weighted by Gasteiger charge is -2.40. The molecule has 0 radical (unpaired) electrons. The summed E-state index contributed by atoms with van der Waals surface area (Å²) in [6.07, 6.45) is 2.88. The van der Waals surface area contributed by atoms with Crippen molar-refractivity contribution >= 4 is 32.9 Å². The summed E-state index contributed by atoms with van der Waals surface area (Å²) in [6, 6.07) is 9.53. The van der Waals surface area contributed by atoms with E-state index in [1.165, 1.54) is 30.4 Å². The van der Waals surface area contributed by atoms with Gasteiger partial charge in [0.05, 0.1) is 25.3 Å². The second kappa shape index (κ2) is 15.9. The third kappa shape index (κ3) is 8.81. The highest BCUT2D eigenvalue weighted by molar-refractivity contribution is 7.89. The number of pyridine rings is 1. The van der Waals surface area contributed by atoms with Gasteiger partial charge >= 0.3 is 6.09 Å². The summed E-state index contributed by atoms with van der Waals surface area (Å²) in [6.45, 7) is 6.82. The minimum absolute atomic E-state index is 0.0430. The van der Waals surface area contributed by atoms with Crippen molar-refractivity contribution in [1.29, 1.82) is 0 Å². The van der Waals surface area contributed by atoms with E-state index in [9.17, 15) is 27.9 Å². The van der Waals surface area contributed by atoms with Gasteiger partial charge in [-0.2, -0.15) is 0 Å². The molecular weight excluding hydrogens is 650 g/mol. The molecule has 5 rings (SSSR count). The number of carbonyl (C=O) groups excluding carboxylic acids is 2. The fraction of sp³-hybridized carbons (Fsp3) is 0.676. The molecule has 14 nitrogen and oxygen atoms in total. The highest BCUT2D eigenvalue weighted by atomic mass is 32.2. The van der Waals surface area contributed by atoms with Crippen molar-refractivity contribution in [2.75, 3.05) is 66.4 Å². The van der Waals surface area contributed by atoms with Gasteiger partial charge < -0.3 is 24.6 Å². The Kier molecular flexibility index (Phi) is 12.0. The van der Waals surface area contributed by atoms with Gasteiger partial charge in [-0.05, 0) is 70.0 Å². The minimum atomic E-state index is -3.33. The van der Waals surface area contributed by atoms with E-state index in [4.69, 9.17) is 4.74 Å². The Morgan fingerprint density at radius 3 is 2.43 bits per heavy atom. The Balaban J connectivity index is 1.13. The smallest absolute Gasteiger partial charge is 0.409 e. The van der Waals surface area contributed by atoms with Gasteiger partial charge in [-0.15, -0.1) is 0 Å². The molecule has 4 heterocycles. The number of hydrogen-bond acceptors (Lipinski definition) is 10. The Hall–Kier alpha value is -3.08. The number of methoxy groups -OCH3 is 1. The van der Waals surface area contributed by atoms with Crippen LogP contribution < -0.4 is 16.2 Å². The number of aliphatic hydroxyl groups excluding tert-OH is 1. The van der Waals surface area contributed by atoms with Gasteiger partial charge in [-0.3, -0.25) is 24.7 Å². The van der Waals surface area contributed by atoms with E-state index in [1.54, 1.807) is 10.6 Å². The summed E-state index contributed by atoms with van der Waals surface area (Å²) in [4.78, 5) is 45.5. The molecule has 3 aliphatic heterocycles. The Labute approximate surface area is 289 Å². The van der Waals surface area contributed by atoms with Gasteiger partial charge in [0.15, 0.2) is 0 Å². The lowest BCUT2D eigenvalue weighted by molar-refractivity contribution is 0.0301. The number of sulfonamides is 1. The molecule has 3 fully saturated rings. The molecule has 3 saturated heterocycles. The molecule has 2 amide bonds. The molecule has 49 heavy (non-hydrogen) atoms. The van der Waals surface area contributed by atoms with E-state index in [-0.39, 0.29) is 59.7 Å². The van der Waals surface area contributed by atoms with Crippen LogP contribution in [-0.4, -0.2) is 146 Å². The first-order valence-corrected chi connectivity index (χ1v) is 19.0. The number of nitrogens with zero attached hydrogens (tertiary/aromatic N) is 5.